The molecule has 5 nitrogen and oxygen atoms in total. The Bertz CT molecular complexity index is 631. The predicted octanol–water partition coefficient (Wildman–Crippen LogP) is 3.93. The van der Waals surface area contributed by atoms with E-state index < -0.39 is 0 Å². The molecular formula is C22H37IN4O. The zero-order chi connectivity index (χ0) is 19.6. The van der Waals surface area contributed by atoms with Crippen molar-refractivity contribution in [2.24, 2.45) is 16.8 Å². The van der Waals surface area contributed by atoms with Crippen LogP contribution in [0.3, 0.4) is 0 Å². The van der Waals surface area contributed by atoms with Gasteiger partial charge >= 0.3 is 0 Å². The van der Waals surface area contributed by atoms with Gasteiger partial charge < -0.3 is 15.5 Å². The number of carbonyl (C=O) groups is 1. The van der Waals surface area contributed by atoms with E-state index in [1.54, 1.807) is 7.05 Å². The molecule has 1 atom stereocenters. The maximum Gasteiger partial charge on any atom is 0.251 e. The van der Waals surface area contributed by atoms with Gasteiger partial charge in [-0.15, -0.1) is 24.0 Å². The van der Waals surface area contributed by atoms with Crippen LogP contribution in [0, 0.1) is 11.8 Å². The number of amides is 1. The largest absolute Gasteiger partial charge is 0.357 e. The summed E-state index contributed by atoms with van der Waals surface area (Å²) >= 11 is 0. The summed E-state index contributed by atoms with van der Waals surface area (Å²) in [6, 6.07) is 7.81. The number of halogens is 1. The zero-order valence-electron chi connectivity index (χ0n) is 17.8. The molecule has 1 amide bonds. The molecule has 2 N–H and O–H groups in total. The van der Waals surface area contributed by atoms with Crippen molar-refractivity contribution in [1.29, 1.82) is 0 Å². The van der Waals surface area contributed by atoms with E-state index in [1.165, 1.54) is 19.3 Å². The maximum atomic E-state index is 11.8. The van der Waals surface area contributed by atoms with Crippen molar-refractivity contribution in [3.05, 3.63) is 35.4 Å². The number of nitrogens with one attached hydrogen (secondary N) is 2. The third kappa shape index (κ3) is 6.94. The molecule has 1 unspecified atom stereocenters. The van der Waals surface area contributed by atoms with E-state index in [1.807, 2.05) is 18.2 Å². The van der Waals surface area contributed by atoms with Crippen molar-refractivity contribution < 1.29 is 4.79 Å². The average molecular weight is 500 g/mol. The van der Waals surface area contributed by atoms with Crippen LogP contribution in [0.25, 0.3) is 0 Å². The molecule has 0 aromatic heterocycles. The summed E-state index contributed by atoms with van der Waals surface area (Å²) in [5.41, 5.74) is 1.85. The van der Waals surface area contributed by atoms with Gasteiger partial charge in [0.2, 0.25) is 0 Å². The summed E-state index contributed by atoms with van der Waals surface area (Å²) in [5.74, 6) is 2.60. The van der Waals surface area contributed by atoms with Gasteiger partial charge in [-0.1, -0.05) is 38.8 Å². The topological polar surface area (TPSA) is 56.7 Å². The van der Waals surface area contributed by atoms with E-state index in [-0.39, 0.29) is 29.9 Å². The highest BCUT2D eigenvalue weighted by atomic mass is 127. The number of nitrogens with zero attached hydrogens (tertiary/aromatic N) is 2. The van der Waals surface area contributed by atoms with Crippen LogP contribution in [-0.4, -0.2) is 50.0 Å². The lowest BCUT2D eigenvalue weighted by Gasteiger charge is -2.24. The number of aliphatic imine (C=N–C) groups is 1. The number of benzene rings is 1. The van der Waals surface area contributed by atoms with Crippen molar-refractivity contribution in [1.82, 2.24) is 15.5 Å². The number of hydrogen-bond acceptors (Lipinski definition) is 2. The summed E-state index contributed by atoms with van der Waals surface area (Å²) in [4.78, 5) is 19.1. The highest BCUT2D eigenvalue weighted by molar-refractivity contribution is 14.0. The highest BCUT2D eigenvalue weighted by Gasteiger charge is 2.29. The lowest BCUT2D eigenvalue weighted by molar-refractivity contribution is 0.0963. The molecule has 1 aliphatic heterocycles. The molecule has 2 rings (SSSR count). The first-order valence-corrected chi connectivity index (χ1v) is 10.5. The minimum absolute atomic E-state index is 0. The molecule has 0 bridgehead atoms. The van der Waals surface area contributed by atoms with Crippen LogP contribution >= 0.6 is 24.0 Å². The van der Waals surface area contributed by atoms with Crippen molar-refractivity contribution >= 4 is 35.8 Å². The van der Waals surface area contributed by atoms with E-state index in [9.17, 15) is 4.79 Å². The fraction of sp³-hybridized carbons (Fsp3) is 0.636. The SMILES string of the molecule is CCNC(=NCCc1cccc(C(=O)NC)c1)N1CCC(C(CC)CC)C1.I. The van der Waals surface area contributed by atoms with Crippen LogP contribution in [-0.2, 0) is 6.42 Å². The quantitative estimate of drug-likeness (QED) is 0.323. The second-order valence-corrected chi connectivity index (χ2v) is 7.34. The summed E-state index contributed by atoms with van der Waals surface area (Å²) < 4.78 is 0. The molecular weight excluding hydrogens is 463 g/mol. The van der Waals surface area contributed by atoms with Gasteiger partial charge in [0.1, 0.15) is 0 Å². The first kappa shape index (κ1) is 24.7. The van der Waals surface area contributed by atoms with Gasteiger partial charge in [0.05, 0.1) is 0 Å². The lowest BCUT2D eigenvalue weighted by Crippen LogP contribution is -2.40. The van der Waals surface area contributed by atoms with Crippen LogP contribution < -0.4 is 10.6 Å². The Labute approximate surface area is 187 Å². The van der Waals surface area contributed by atoms with E-state index in [0.29, 0.717) is 5.56 Å². The van der Waals surface area contributed by atoms with Crippen molar-refractivity contribution in [2.75, 3.05) is 33.2 Å². The molecule has 28 heavy (non-hydrogen) atoms. The Balaban J connectivity index is 0.00000392. The van der Waals surface area contributed by atoms with Gasteiger partial charge in [-0.25, -0.2) is 0 Å². The summed E-state index contributed by atoms with van der Waals surface area (Å²) in [6.07, 6.45) is 4.64. The van der Waals surface area contributed by atoms with E-state index in [4.69, 9.17) is 4.99 Å². The van der Waals surface area contributed by atoms with Gasteiger partial charge in [0, 0.05) is 38.8 Å². The highest BCUT2D eigenvalue weighted by Crippen LogP contribution is 2.28. The third-order valence-electron chi connectivity index (χ3n) is 5.65. The van der Waals surface area contributed by atoms with Crippen LogP contribution in [0.1, 0.15) is 56.0 Å². The van der Waals surface area contributed by atoms with Crippen LogP contribution in [0.15, 0.2) is 29.3 Å². The second-order valence-electron chi connectivity index (χ2n) is 7.34. The zero-order valence-corrected chi connectivity index (χ0v) is 20.2. The van der Waals surface area contributed by atoms with Gasteiger partial charge in [0.15, 0.2) is 5.96 Å². The Kier molecular flexibility index (Phi) is 11.5. The fourth-order valence-corrected chi connectivity index (χ4v) is 4.05. The molecule has 1 aliphatic rings. The average Bonchev–Trinajstić information content (AvgIpc) is 3.17. The normalized spacial score (nSPS) is 16.8. The van der Waals surface area contributed by atoms with Gasteiger partial charge in [-0.05, 0) is 49.3 Å². The Morgan fingerprint density at radius 1 is 1.29 bits per heavy atom. The van der Waals surface area contributed by atoms with Gasteiger partial charge in [-0.2, -0.15) is 0 Å². The van der Waals surface area contributed by atoms with Gasteiger partial charge in [-0.3, -0.25) is 9.79 Å². The molecule has 1 saturated heterocycles. The van der Waals surface area contributed by atoms with Crippen LogP contribution in [0.4, 0.5) is 0 Å². The van der Waals surface area contributed by atoms with Crippen molar-refractivity contribution in [3.8, 4) is 0 Å². The van der Waals surface area contributed by atoms with E-state index in [0.717, 1.165) is 56.0 Å². The Morgan fingerprint density at radius 2 is 2.04 bits per heavy atom. The standard InChI is InChI=1S/C22H36N4O.HI/c1-5-18(6-2)20-12-14-26(16-20)22(24-7-3)25-13-11-17-9-8-10-19(15-17)21(27)23-4;/h8-10,15,18,20H,5-7,11-14,16H2,1-4H3,(H,23,27)(H,24,25);1H. The molecule has 158 valence electrons. The van der Waals surface area contributed by atoms with E-state index in [2.05, 4.69) is 42.4 Å². The number of guanidine groups is 1. The number of hydrogen-bond donors (Lipinski definition) is 2. The minimum atomic E-state index is -0.0433. The Hall–Kier alpha value is -1.31. The summed E-state index contributed by atoms with van der Waals surface area (Å²) in [5, 5.41) is 6.13. The molecule has 1 fully saturated rings. The van der Waals surface area contributed by atoms with Crippen LogP contribution in [0.5, 0.6) is 0 Å². The lowest BCUT2D eigenvalue weighted by atomic mass is 9.87. The Morgan fingerprint density at radius 3 is 2.68 bits per heavy atom. The van der Waals surface area contributed by atoms with Gasteiger partial charge in [0.25, 0.3) is 5.91 Å². The first-order chi connectivity index (χ1) is 13.1. The fourth-order valence-electron chi connectivity index (χ4n) is 4.05. The second kappa shape index (κ2) is 13.0. The van der Waals surface area contributed by atoms with E-state index >= 15 is 0 Å². The number of likely N-dealkylation sites (tertiary alicyclic amines) is 1. The molecule has 6 heteroatoms. The maximum absolute atomic E-state index is 11.8. The number of carbonyl (C=O) groups excluding carboxylic acids is 1. The third-order valence-corrected chi connectivity index (χ3v) is 5.65. The number of rotatable bonds is 8. The summed E-state index contributed by atoms with van der Waals surface area (Å²) in [6.45, 7) is 10.6. The molecule has 1 aromatic rings. The van der Waals surface area contributed by atoms with Crippen molar-refractivity contribution in [2.45, 2.75) is 46.5 Å². The summed E-state index contributed by atoms with van der Waals surface area (Å²) in [7, 11) is 1.66. The molecule has 0 radical (unpaired) electrons. The smallest absolute Gasteiger partial charge is 0.251 e. The first-order valence-electron chi connectivity index (χ1n) is 10.5. The predicted molar refractivity (Wildman–Crippen MR) is 129 cm³/mol. The minimum Gasteiger partial charge on any atom is -0.357 e. The monoisotopic (exact) mass is 500 g/mol. The van der Waals surface area contributed by atoms with Crippen molar-refractivity contribution in [3.63, 3.8) is 0 Å². The van der Waals surface area contributed by atoms with Crippen LogP contribution in [0.2, 0.25) is 0 Å². The molecule has 1 aromatic carbocycles. The molecule has 1 heterocycles. The molecule has 0 saturated carbocycles. The molecule has 0 spiro atoms. The molecule has 0 aliphatic carbocycles.